The second kappa shape index (κ2) is 5.23. The molecular formula is C14H14ClNO2S. The maximum absolute atomic E-state index is 12.2. The Morgan fingerprint density at radius 1 is 1.05 bits per heavy atom. The molecule has 2 aromatic rings. The minimum absolute atomic E-state index is 0.205. The predicted molar refractivity (Wildman–Crippen MR) is 78.2 cm³/mol. The number of anilines is 1. The van der Waals surface area contributed by atoms with Gasteiger partial charge in [0.2, 0.25) is 0 Å². The van der Waals surface area contributed by atoms with Crippen molar-refractivity contribution in [2.45, 2.75) is 18.7 Å². The van der Waals surface area contributed by atoms with Crippen molar-refractivity contribution >= 4 is 27.3 Å². The van der Waals surface area contributed by atoms with E-state index in [2.05, 4.69) is 4.72 Å². The van der Waals surface area contributed by atoms with Crippen LogP contribution in [0.15, 0.2) is 47.4 Å². The van der Waals surface area contributed by atoms with Gasteiger partial charge >= 0.3 is 0 Å². The molecule has 0 saturated heterocycles. The molecule has 0 saturated carbocycles. The molecule has 0 aliphatic rings. The van der Waals surface area contributed by atoms with Gasteiger partial charge in [-0.05, 0) is 55.3 Å². The first-order valence-electron chi connectivity index (χ1n) is 5.74. The van der Waals surface area contributed by atoms with E-state index in [0.717, 1.165) is 11.1 Å². The molecule has 2 aromatic carbocycles. The molecule has 0 spiro atoms. The van der Waals surface area contributed by atoms with Gasteiger partial charge in [0.25, 0.3) is 10.0 Å². The molecule has 1 N–H and O–H groups in total. The van der Waals surface area contributed by atoms with Crippen molar-refractivity contribution in [3.05, 3.63) is 58.6 Å². The normalized spacial score (nSPS) is 11.3. The van der Waals surface area contributed by atoms with Crippen molar-refractivity contribution < 1.29 is 8.42 Å². The third-order valence-corrected chi connectivity index (χ3v) is 4.51. The summed E-state index contributed by atoms with van der Waals surface area (Å²) in [6.45, 7) is 3.68. The molecule has 0 aliphatic heterocycles. The minimum Gasteiger partial charge on any atom is -0.280 e. The molecule has 0 unspecified atom stereocenters. The van der Waals surface area contributed by atoms with Gasteiger partial charge < -0.3 is 0 Å². The fourth-order valence-electron chi connectivity index (χ4n) is 1.71. The second-order valence-electron chi connectivity index (χ2n) is 4.39. The lowest BCUT2D eigenvalue weighted by Crippen LogP contribution is -2.13. The van der Waals surface area contributed by atoms with Crippen molar-refractivity contribution in [1.82, 2.24) is 0 Å². The average molecular weight is 296 g/mol. The van der Waals surface area contributed by atoms with Crippen LogP contribution in [0.25, 0.3) is 0 Å². The maximum atomic E-state index is 12.2. The van der Waals surface area contributed by atoms with Crippen molar-refractivity contribution in [1.29, 1.82) is 0 Å². The van der Waals surface area contributed by atoms with E-state index in [-0.39, 0.29) is 4.90 Å². The van der Waals surface area contributed by atoms with Crippen LogP contribution in [-0.2, 0) is 10.0 Å². The number of nitrogens with one attached hydrogen (secondary N) is 1. The highest BCUT2D eigenvalue weighted by Crippen LogP contribution is 2.22. The Hall–Kier alpha value is -1.52. The van der Waals surface area contributed by atoms with Crippen molar-refractivity contribution in [3.8, 4) is 0 Å². The predicted octanol–water partition coefficient (Wildman–Crippen LogP) is 3.76. The van der Waals surface area contributed by atoms with Crippen molar-refractivity contribution in [2.24, 2.45) is 0 Å². The van der Waals surface area contributed by atoms with E-state index in [1.165, 1.54) is 6.07 Å². The number of rotatable bonds is 3. The van der Waals surface area contributed by atoms with E-state index in [9.17, 15) is 8.42 Å². The topological polar surface area (TPSA) is 46.2 Å². The molecule has 0 heterocycles. The summed E-state index contributed by atoms with van der Waals surface area (Å²) >= 11 is 5.90. The van der Waals surface area contributed by atoms with Gasteiger partial charge in [0.1, 0.15) is 0 Å². The average Bonchev–Trinajstić information content (AvgIpc) is 2.32. The number of halogens is 1. The largest absolute Gasteiger partial charge is 0.280 e. The Kier molecular flexibility index (Phi) is 3.83. The number of hydrogen-bond acceptors (Lipinski definition) is 2. The van der Waals surface area contributed by atoms with E-state index >= 15 is 0 Å². The molecule has 5 heteroatoms. The molecule has 2 rings (SSSR count). The zero-order valence-corrected chi connectivity index (χ0v) is 12.2. The van der Waals surface area contributed by atoms with Crippen LogP contribution in [-0.4, -0.2) is 8.42 Å². The molecule has 0 radical (unpaired) electrons. The van der Waals surface area contributed by atoms with E-state index in [1.54, 1.807) is 37.3 Å². The highest BCUT2D eigenvalue weighted by Gasteiger charge is 2.15. The molecule has 0 fully saturated rings. The second-order valence-corrected chi connectivity index (χ2v) is 6.48. The summed E-state index contributed by atoms with van der Waals surface area (Å²) in [5, 5.41) is 0.550. The molecule has 100 valence electrons. The Balaban J connectivity index is 2.35. The Bertz CT molecular complexity index is 711. The zero-order valence-electron chi connectivity index (χ0n) is 10.6. The van der Waals surface area contributed by atoms with E-state index in [0.29, 0.717) is 10.7 Å². The molecule has 0 amide bonds. The van der Waals surface area contributed by atoms with Gasteiger partial charge in [0.15, 0.2) is 0 Å². The Labute approximate surface area is 118 Å². The summed E-state index contributed by atoms with van der Waals surface area (Å²) < 4.78 is 27.0. The van der Waals surface area contributed by atoms with Crippen LogP contribution in [0.4, 0.5) is 5.69 Å². The van der Waals surface area contributed by atoms with Gasteiger partial charge in [-0.15, -0.1) is 0 Å². The SMILES string of the molecule is Cc1cccc(NS(=O)(=O)c2ccc(Cl)c(C)c2)c1. The third-order valence-electron chi connectivity index (χ3n) is 2.71. The van der Waals surface area contributed by atoms with E-state index in [1.807, 2.05) is 13.0 Å². The number of aryl methyl sites for hydroxylation is 2. The molecule has 0 bridgehead atoms. The maximum Gasteiger partial charge on any atom is 0.261 e. The highest BCUT2D eigenvalue weighted by atomic mass is 35.5. The van der Waals surface area contributed by atoms with Crippen molar-refractivity contribution in [3.63, 3.8) is 0 Å². The monoisotopic (exact) mass is 295 g/mol. The first kappa shape index (κ1) is 13.9. The summed E-state index contributed by atoms with van der Waals surface area (Å²) in [5.74, 6) is 0. The van der Waals surface area contributed by atoms with E-state index in [4.69, 9.17) is 11.6 Å². The quantitative estimate of drug-likeness (QED) is 0.937. The van der Waals surface area contributed by atoms with Crippen molar-refractivity contribution in [2.75, 3.05) is 4.72 Å². The van der Waals surface area contributed by atoms with Gasteiger partial charge in [-0.3, -0.25) is 4.72 Å². The summed E-state index contributed by atoms with van der Waals surface area (Å²) in [5.41, 5.74) is 2.27. The number of hydrogen-bond donors (Lipinski definition) is 1. The van der Waals surface area contributed by atoms with E-state index < -0.39 is 10.0 Å². The number of sulfonamides is 1. The molecule has 0 aliphatic carbocycles. The van der Waals surface area contributed by atoms with Crippen LogP contribution in [0.3, 0.4) is 0 Å². The van der Waals surface area contributed by atoms with Gasteiger partial charge in [0.05, 0.1) is 4.90 Å². The van der Waals surface area contributed by atoms with Gasteiger partial charge in [0, 0.05) is 10.7 Å². The first-order chi connectivity index (χ1) is 8.88. The van der Waals surface area contributed by atoms with Crippen LogP contribution < -0.4 is 4.72 Å². The Morgan fingerprint density at radius 3 is 2.42 bits per heavy atom. The van der Waals surface area contributed by atoms with Gasteiger partial charge in [-0.2, -0.15) is 0 Å². The fourth-order valence-corrected chi connectivity index (χ4v) is 2.96. The van der Waals surface area contributed by atoms with Crippen LogP contribution in [0, 0.1) is 13.8 Å². The zero-order chi connectivity index (χ0) is 14.0. The smallest absolute Gasteiger partial charge is 0.261 e. The summed E-state index contributed by atoms with van der Waals surface area (Å²) in [4.78, 5) is 0.205. The van der Waals surface area contributed by atoms with Crippen LogP contribution in [0.1, 0.15) is 11.1 Å². The molecule has 19 heavy (non-hydrogen) atoms. The summed E-state index contributed by atoms with van der Waals surface area (Å²) in [6, 6.07) is 11.8. The third kappa shape index (κ3) is 3.28. The number of benzene rings is 2. The minimum atomic E-state index is -3.58. The van der Waals surface area contributed by atoms with Crippen LogP contribution >= 0.6 is 11.6 Å². The Morgan fingerprint density at radius 2 is 1.79 bits per heavy atom. The fraction of sp³-hybridized carbons (Fsp3) is 0.143. The summed E-state index contributed by atoms with van der Waals surface area (Å²) in [6.07, 6.45) is 0. The lowest BCUT2D eigenvalue weighted by Gasteiger charge is -2.09. The first-order valence-corrected chi connectivity index (χ1v) is 7.60. The lowest BCUT2D eigenvalue weighted by atomic mass is 10.2. The standard InChI is InChI=1S/C14H14ClNO2S/c1-10-4-3-5-12(8-10)16-19(17,18)13-6-7-14(15)11(2)9-13/h3-9,16H,1-2H3. The van der Waals surface area contributed by atoms with Crippen LogP contribution in [0.2, 0.25) is 5.02 Å². The molecular weight excluding hydrogens is 282 g/mol. The van der Waals surface area contributed by atoms with Gasteiger partial charge in [-0.25, -0.2) is 8.42 Å². The highest BCUT2D eigenvalue weighted by molar-refractivity contribution is 7.92. The van der Waals surface area contributed by atoms with Crippen LogP contribution in [0.5, 0.6) is 0 Å². The van der Waals surface area contributed by atoms with Gasteiger partial charge in [-0.1, -0.05) is 23.7 Å². The lowest BCUT2D eigenvalue weighted by molar-refractivity contribution is 0.601. The summed E-state index contributed by atoms with van der Waals surface area (Å²) in [7, 11) is -3.58. The molecule has 0 aromatic heterocycles. The molecule has 3 nitrogen and oxygen atoms in total. The molecule has 0 atom stereocenters.